The van der Waals surface area contributed by atoms with E-state index in [1.807, 2.05) is 12.3 Å². The summed E-state index contributed by atoms with van der Waals surface area (Å²) in [6.45, 7) is 0. The molecule has 5 nitrogen and oxygen atoms in total. The van der Waals surface area contributed by atoms with Crippen molar-refractivity contribution in [2.75, 3.05) is 5.32 Å². The standard InChI is InChI=1S/C12H12Cl2N4O/c13-7-4-8(14)12(15-6-7)17-9-5-10(19)11(9)18-3-1-2-16-18/h1-4,6,9-11,19H,5H2,(H,15,17)/t9-,10+,11+/m0/s1. The molecule has 7 heteroatoms. The first-order valence-corrected chi connectivity index (χ1v) is 6.65. The quantitative estimate of drug-likeness (QED) is 0.913. The summed E-state index contributed by atoms with van der Waals surface area (Å²) in [5.74, 6) is 0.570. The van der Waals surface area contributed by atoms with Gasteiger partial charge in [0.25, 0.3) is 0 Å². The highest BCUT2D eigenvalue weighted by atomic mass is 35.5. The molecule has 100 valence electrons. The second-order valence-electron chi connectivity index (χ2n) is 4.51. The molecule has 0 unspecified atom stereocenters. The lowest BCUT2D eigenvalue weighted by Crippen LogP contribution is -2.51. The van der Waals surface area contributed by atoms with E-state index in [4.69, 9.17) is 23.2 Å². The van der Waals surface area contributed by atoms with Crippen LogP contribution in [0.2, 0.25) is 10.0 Å². The summed E-state index contributed by atoms with van der Waals surface area (Å²) in [5.41, 5.74) is 0. The zero-order chi connectivity index (χ0) is 13.4. The number of aliphatic hydroxyl groups is 1. The summed E-state index contributed by atoms with van der Waals surface area (Å²) in [6, 6.07) is 3.40. The Morgan fingerprint density at radius 2 is 2.26 bits per heavy atom. The summed E-state index contributed by atoms with van der Waals surface area (Å²) < 4.78 is 1.75. The molecule has 0 aliphatic heterocycles. The van der Waals surface area contributed by atoms with Crippen LogP contribution < -0.4 is 5.32 Å². The van der Waals surface area contributed by atoms with Gasteiger partial charge in [-0.05, 0) is 18.6 Å². The van der Waals surface area contributed by atoms with Crippen molar-refractivity contribution in [2.45, 2.75) is 24.6 Å². The Morgan fingerprint density at radius 1 is 1.42 bits per heavy atom. The van der Waals surface area contributed by atoms with Crippen molar-refractivity contribution in [3.05, 3.63) is 40.8 Å². The van der Waals surface area contributed by atoms with Crippen LogP contribution in [0.1, 0.15) is 12.5 Å². The van der Waals surface area contributed by atoms with Crippen molar-refractivity contribution in [3.8, 4) is 0 Å². The SMILES string of the molecule is O[C@@H]1C[C@H](Nc2ncc(Cl)cc2Cl)[C@H]1n1cccn1. The van der Waals surface area contributed by atoms with Gasteiger partial charge >= 0.3 is 0 Å². The van der Waals surface area contributed by atoms with Gasteiger partial charge in [0.05, 0.1) is 28.2 Å². The Hall–Kier alpha value is -1.30. The molecule has 1 aliphatic carbocycles. The maximum atomic E-state index is 9.87. The van der Waals surface area contributed by atoms with Gasteiger partial charge in [0.1, 0.15) is 5.82 Å². The molecule has 19 heavy (non-hydrogen) atoms. The number of halogens is 2. The Balaban J connectivity index is 1.77. The van der Waals surface area contributed by atoms with Gasteiger partial charge in [-0.1, -0.05) is 23.2 Å². The van der Waals surface area contributed by atoms with Crippen molar-refractivity contribution in [1.29, 1.82) is 0 Å². The first-order chi connectivity index (χ1) is 9.15. The first-order valence-electron chi connectivity index (χ1n) is 5.90. The molecular formula is C12H12Cl2N4O. The number of rotatable bonds is 3. The average Bonchev–Trinajstić information content (AvgIpc) is 2.84. The third-order valence-corrected chi connectivity index (χ3v) is 3.76. The molecule has 0 saturated heterocycles. The Bertz CT molecular complexity index is 575. The highest BCUT2D eigenvalue weighted by Gasteiger charge is 2.42. The van der Waals surface area contributed by atoms with Crippen LogP contribution in [-0.2, 0) is 0 Å². The molecule has 1 saturated carbocycles. The van der Waals surface area contributed by atoms with Gasteiger partial charge in [0.15, 0.2) is 0 Å². The fourth-order valence-electron chi connectivity index (χ4n) is 2.27. The maximum absolute atomic E-state index is 9.87. The third-order valence-electron chi connectivity index (χ3n) is 3.26. The van der Waals surface area contributed by atoms with Crippen molar-refractivity contribution >= 4 is 29.0 Å². The van der Waals surface area contributed by atoms with E-state index in [0.717, 1.165) is 0 Å². The molecule has 3 rings (SSSR count). The fourth-order valence-corrected chi connectivity index (χ4v) is 2.70. The van der Waals surface area contributed by atoms with Crippen LogP contribution in [0.5, 0.6) is 0 Å². The summed E-state index contributed by atoms with van der Waals surface area (Å²) in [4.78, 5) is 4.15. The highest BCUT2D eigenvalue weighted by molar-refractivity contribution is 6.35. The van der Waals surface area contributed by atoms with E-state index in [9.17, 15) is 5.11 Å². The number of nitrogens with zero attached hydrogens (tertiary/aromatic N) is 3. The number of hydrogen-bond acceptors (Lipinski definition) is 4. The van der Waals surface area contributed by atoms with E-state index in [-0.39, 0.29) is 12.1 Å². The smallest absolute Gasteiger partial charge is 0.145 e. The van der Waals surface area contributed by atoms with Crippen LogP contribution in [0.4, 0.5) is 5.82 Å². The van der Waals surface area contributed by atoms with Gasteiger partial charge in [-0.25, -0.2) is 4.98 Å². The Kier molecular flexibility index (Phi) is 3.35. The van der Waals surface area contributed by atoms with Crippen LogP contribution in [-0.4, -0.2) is 32.0 Å². The molecule has 2 aromatic rings. The predicted molar refractivity (Wildman–Crippen MR) is 73.6 cm³/mol. The number of aliphatic hydroxyl groups excluding tert-OH is 1. The van der Waals surface area contributed by atoms with Crippen LogP contribution in [0.25, 0.3) is 0 Å². The summed E-state index contributed by atoms with van der Waals surface area (Å²) in [6.07, 6.45) is 5.27. The molecule has 1 aliphatic rings. The molecule has 2 N–H and O–H groups in total. The predicted octanol–water partition coefficient (Wildman–Crippen LogP) is 2.37. The van der Waals surface area contributed by atoms with Gasteiger partial charge in [-0.3, -0.25) is 4.68 Å². The molecule has 0 radical (unpaired) electrons. The molecule has 0 amide bonds. The zero-order valence-corrected chi connectivity index (χ0v) is 11.4. The minimum Gasteiger partial charge on any atom is -0.391 e. The Morgan fingerprint density at radius 3 is 2.89 bits per heavy atom. The van der Waals surface area contributed by atoms with E-state index >= 15 is 0 Å². The molecule has 3 atom stereocenters. The lowest BCUT2D eigenvalue weighted by Gasteiger charge is -2.42. The third kappa shape index (κ3) is 2.41. The number of nitrogens with one attached hydrogen (secondary N) is 1. The first kappa shape index (κ1) is 12.7. The van der Waals surface area contributed by atoms with Gasteiger partial charge in [-0.15, -0.1) is 0 Å². The minimum absolute atomic E-state index is 0.0427. The van der Waals surface area contributed by atoms with Crippen molar-refractivity contribution in [1.82, 2.24) is 14.8 Å². The number of aromatic nitrogens is 3. The monoisotopic (exact) mass is 298 g/mol. The largest absolute Gasteiger partial charge is 0.391 e. The van der Waals surface area contributed by atoms with Gasteiger partial charge in [0, 0.05) is 18.6 Å². The summed E-state index contributed by atoms with van der Waals surface area (Å²) in [5, 5.41) is 18.2. The van der Waals surface area contributed by atoms with Crippen LogP contribution in [0.3, 0.4) is 0 Å². The van der Waals surface area contributed by atoms with Gasteiger partial charge in [0.2, 0.25) is 0 Å². The van der Waals surface area contributed by atoms with E-state index in [2.05, 4.69) is 15.4 Å². The highest BCUT2D eigenvalue weighted by Crippen LogP contribution is 2.35. The second-order valence-corrected chi connectivity index (χ2v) is 5.36. The molecule has 2 aromatic heterocycles. The van der Waals surface area contributed by atoms with E-state index in [1.54, 1.807) is 16.9 Å². The van der Waals surface area contributed by atoms with Crippen molar-refractivity contribution in [2.24, 2.45) is 0 Å². The fraction of sp³-hybridized carbons (Fsp3) is 0.333. The van der Waals surface area contributed by atoms with E-state index in [0.29, 0.717) is 22.3 Å². The molecule has 0 aromatic carbocycles. The number of hydrogen-bond donors (Lipinski definition) is 2. The van der Waals surface area contributed by atoms with Crippen molar-refractivity contribution < 1.29 is 5.11 Å². The number of anilines is 1. The van der Waals surface area contributed by atoms with Crippen LogP contribution >= 0.6 is 23.2 Å². The summed E-state index contributed by atoms with van der Waals surface area (Å²) in [7, 11) is 0. The molecule has 0 bridgehead atoms. The molecule has 2 heterocycles. The van der Waals surface area contributed by atoms with Crippen molar-refractivity contribution in [3.63, 3.8) is 0 Å². The molecule has 0 spiro atoms. The minimum atomic E-state index is -0.413. The van der Waals surface area contributed by atoms with Crippen LogP contribution in [0.15, 0.2) is 30.7 Å². The normalized spacial score (nSPS) is 25.9. The lowest BCUT2D eigenvalue weighted by atomic mass is 9.83. The Labute approximate surface area is 120 Å². The number of pyridine rings is 1. The average molecular weight is 299 g/mol. The van der Waals surface area contributed by atoms with Gasteiger partial charge in [-0.2, -0.15) is 5.10 Å². The maximum Gasteiger partial charge on any atom is 0.145 e. The van der Waals surface area contributed by atoms with E-state index in [1.165, 1.54) is 6.20 Å². The van der Waals surface area contributed by atoms with Crippen LogP contribution in [0, 0.1) is 0 Å². The lowest BCUT2D eigenvalue weighted by molar-refractivity contribution is 0.0133. The molecular weight excluding hydrogens is 287 g/mol. The van der Waals surface area contributed by atoms with Gasteiger partial charge < -0.3 is 10.4 Å². The zero-order valence-electron chi connectivity index (χ0n) is 9.87. The van der Waals surface area contributed by atoms with E-state index < -0.39 is 6.10 Å². The topological polar surface area (TPSA) is 63.0 Å². The second kappa shape index (κ2) is 5.00. The molecule has 1 fully saturated rings. The summed E-state index contributed by atoms with van der Waals surface area (Å²) >= 11 is 11.9.